The Labute approximate surface area is 610 Å². The van der Waals surface area contributed by atoms with Gasteiger partial charge in [-0.05, 0) is 64.7 Å². The molecule has 0 spiro atoms. The van der Waals surface area contributed by atoms with Gasteiger partial charge in [-0.25, -0.2) is 9.78 Å². The number of hydrogen-bond acceptors (Lipinski definition) is 25. The summed E-state index contributed by atoms with van der Waals surface area (Å²) >= 11 is 8.02. The van der Waals surface area contributed by atoms with Crippen LogP contribution in [0, 0.1) is 0 Å². The van der Waals surface area contributed by atoms with Crippen molar-refractivity contribution in [2.45, 2.75) is 156 Å². The van der Waals surface area contributed by atoms with E-state index in [1.54, 1.807) is 0 Å². The number of thiol groups is 2. The van der Waals surface area contributed by atoms with E-state index >= 15 is 0 Å². The number of imidazole rings is 1. The van der Waals surface area contributed by atoms with Crippen LogP contribution < -0.4 is 110 Å². The van der Waals surface area contributed by atoms with Gasteiger partial charge in [-0.2, -0.15) is 25.3 Å². The number of rotatable bonds is 49. The van der Waals surface area contributed by atoms with Crippen LogP contribution in [0.4, 0.5) is 0 Å². The zero-order valence-corrected chi connectivity index (χ0v) is 59.0. The number of aliphatic carboxylic acids is 2. The fraction of sp³-hybridized carbons (Fsp3) is 0.614. The van der Waals surface area contributed by atoms with Gasteiger partial charge in [-0.15, -0.1) is 0 Å². The van der Waals surface area contributed by atoms with Gasteiger partial charge in [0.1, 0.15) is 72.5 Å². The Balaban J connectivity index is 2.32. The summed E-state index contributed by atoms with van der Waals surface area (Å²) in [6.07, 6.45) is -0.478. The predicted octanol–water partition coefficient (Wildman–Crippen LogP) is -13.8. The summed E-state index contributed by atoms with van der Waals surface area (Å²) < 4.78 is 0. The van der Waals surface area contributed by atoms with Gasteiger partial charge in [0.2, 0.25) is 82.7 Å². The van der Waals surface area contributed by atoms with Crippen LogP contribution in [0.5, 0.6) is 0 Å². The Bertz CT molecular complexity index is 3270. The van der Waals surface area contributed by atoms with Crippen LogP contribution in [0.25, 0.3) is 0 Å². The average Bonchev–Trinajstić information content (AvgIpc) is 1.75. The zero-order valence-electron chi connectivity index (χ0n) is 57.2. The van der Waals surface area contributed by atoms with Gasteiger partial charge < -0.3 is 140 Å². The lowest BCUT2D eigenvalue weighted by Gasteiger charge is -2.30. The molecule has 0 bridgehead atoms. The number of carbonyl (C=O) groups excluding carboxylic acids is 14. The molecular formula is C57H96N26O20S2. The number of H-pyrrole nitrogens is 1. The molecule has 1 aliphatic rings. The zero-order chi connectivity index (χ0) is 79.0. The Hall–Kier alpha value is -10.9. The number of aliphatic hydroxyl groups excluding tert-OH is 2. The first-order valence-corrected chi connectivity index (χ1v) is 33.8. The molecule has 0 radical (unpaired) electrons. The van der Waals surface area contributed by atoms with E-state index in [1.807, 2.05) is 0 Å². The summed E-state index contributed by atoms with van der Waals surface area (Å²) in [6, 6.07) is -19.2. The summed E-state index contributed by atoms with van der Waals surface area (Å²) in [5.41, 5.74) is 43.6. The largest absolute Gasteiger partial charge is 0.481 e. The Kier molecular flexibility index (Phi) is 40.7. The molecule has 1 saturated heterocycles. The molecule has 1 aromatic heterocycles. The van der Waals surface area contributed by atoms with Crippen molar-refractivity contribution < 1.29 is 97.1 Å². The fourth-order valence-electron chi connectivity index (χ4n) is 9.72. The minimum atomic E-state index is -1.95. The van der Waals surface area contributed by atoms with Crippen molar-refractivity contribution in [3.63, 3.8) is 0 Å². The van der Waals surface area contributed by atoms with E-state index in [9.17, 15) is 97.1 Å². The van der Waals surface area contributed by atoms with Crippen LogP contribution in [0.1, 0.15) is 83.2 Å². The molecule has 0 aromatic carbocycles. The average molecular weight is 1530 g/mol. The summed E-state index contributed by atoms with van der Waals surface area (Å²) in [6.45, 7) is -2.60. The number of aromatic amines is 1. The summed E-state index contributed by atoms with van der Waals surface area (Å²) in [5, 5.41) is 67.3. The highest BCUT2D eigenvalue weighted by Crippen LogP contribution is 2.20. The van der Waals surface area contributed by atoms with Crippen LogP contribution >= 0.6 is 25.3 Å². The SMILES string of the molecule is C[C@H](NC(=O)CNC(=O)[C@@H]1CCCN1C(=O)[C@H](CCCN=C(N)N)NC(=O)[C@H](CCC(=O)O)NC(=O)[C@H](CO)NC(=O)[C@H](CCCN=C(N)N)NC(=O)[C@H](Cc1cnc[nH]1)NC(=O)[C@H](CO)NC(=O)CN)C(=O)N[C@@H](CS)C(=O)N[C@@H](CC(N)=O)C(=O)N[C@@H](CCCN=C(N)N)C(=O)N[C@@H](CS)C(=O)O. The number of nitrogens with one attached hydrogen (secondary N) is 13. The van der Waals surface area contributed by atoms with Crippen LogP contribution in [-0.2, 0) is 83.1 Å². The van der Waals surface area contributed by atoms with E-state index in [2.05, 4.69) is 114 Å². The predicted molar refractivity (Wildman–Crippen MR) is 376 cm³/mol. The molecule has 2 heterocycles. The molecule has 48 heteroatoms. The van der Waals surface area contributed by atoms with Crippen molar-refractivity contribution in [1.82, 2.24) is 78.7 Å². The maximum Gasteiger partial charge on any atom is 0.327 e. The summed E-state index contributed by atoms with van der Waals surface area (Å²) in [4.78, 5) is 232. The number of likely N-dealkylation sites (tertiary alicyclic amines) is 1. The number of carboxylic acids is 2. The van der Waals surface area contributed by atoms with E-state index in [4.69, 9.17) is 45.9 Å². The number of carboxylic acid groups (broad SMARTS) is 2. The molecule has 0 unspecified atom stereocenters. The number of aliphatic hydroxyl groups is 2. The smallest absolute Gasteiger partial charge is 0.327 e. The van der Waals surface area contributed by atoms with Gasteiger partial charge in [0.25, 0.3) is 0 Å². The molecule has 14 amide bonds. The fourth-order valence-corrected chi connectivity index (χ4v) is 10.2. The molecule has 1 aliphatic heterocycles. The van der Waals surface area contributed by atoms with E-state index in [-0.39, 0.29) is 108 Å². The number of nitrogens with two attached hydrogens (primary N) is 8. The van der Waals surface area contributed by atoms with Crippen molar-refractivity contribution >= 4 is 138 Å². The van der Waals surface area contributed by atoms with E-state index < -0.39 is 218 Å². The van der Waals surface area contributed by atoms with Gasteiger partial charge in [0, 0.05) is 62.4 Å². The van der Waals surface area contributed by atoms with Crippen molar-refractivity contribution in [3.05, 3.63) is 18.2 Å². The second kappa shape index (κ2) is 47.4. The second-order valence-corrected chi connectivity index (χ2v) is 24.1. The van der Waals surface area contributed by atoms with Gasteiger partial charge in [0.15, 0.2) is 17.9 Å². The number of primary amides is 1. The highest BCUT2D eigenvalue weighted by molar-refractivity contribution is 7.80. The van der Waals surface area contributed by atoms with Crippen LogP contribution in [0.15, 0.2) is 27.5 Å². The minimum absolute atomic E-state index is 0.0122. The van der Waals surface area contributed by atoms with E-state index in [0.717, 1.165) is 4.90 Å². The van der Waals surface area contributed by atoms with Crippen molar-refractivity contribution in [2.24, 2.45) is 60.8 Å². The van der Waals surface area contributed by atoms with Crippen LogP contribution in [0.2, 0.25) is 0 Å². The Morgan fingerprint density at radius 1 is 0.543 bits per heavy atom. The normalized spacial score (nSPS) is 15.4. The topological polar surface area (TPSA) is 776 Å². The molecule has 105 heavy (non-hydrogen) atoms. The third-order valence-electron chi connectivity index (χ3n) is 15.1. The highest BCUT2D eigenvalue weighted by atomic mass is 32.1. The van der Waals surface area contributed by atoms with Crippen molar-refractivity contribution in [1.29, 1.82) is 0 Å². The van der Waals surface area contributed by atoms with Crippen molar-refractivity contribution in [2.75, 3.05) is 64.0 Å². The monoisotopic (exact) mass is 1530 g/mol. The second-order valence-electron chi connectivity index (χ2n) is 23.4. The lowest BCUT2D eigenvalue weighted by Crippen LogP contribution is -2.61. The number of aliphatic imine (C=N–C) groups is 3. The van der Waals surface area contributed by atoms with E-state index in [0.29, 0.717) is 5.69 Å². The first-order chi connectivity index (χ1) is 49.6. The molecule has 2 rings (SSSR count). The number of carbonyl (C=O) groups is 16. The number of guanidine groups is 3. The quantitative estimate of drug-likeness (QED) is 0.0125. The van der Waals surface area contributed by atoms with Gasteiger partial charge >= 0.3 is 11.9 Å². The third kappa shape index (κ3) is 33.9. The first kappa shape index (κ1) is 90.2. The lowest BCUT2D eigenvalue weighted by molar-refractivity contribution is -0.142. The summed E-state index contributed by atoms with van der Waals surface area (Å²) in [5.74, 6) is -19.2. The molecule has 0 aliphatic carbocycles. The van der Waals surface area contributed by atoms with Gasteiger partial charge in [-0.3, -0.25) is 86.9 Å². The Morgan fingerprint density at radius 2 is 0.962 bits per heavy atom. The molecule has 46 nitrogen and oxygen atoms in total. The maximum atomic E-state index is 14.5. The molecule has 0 saturated carbocycles. The molecule has 1 fully saturated rings. The number of amides is 14. The van der Waals surface area contributed by atoms with Crippen LogP contribution in [0.3, 0.4) is 0 Å². The number of aromatic nitrogens is 2. The molecule has 33 N–H and O–H groups in total. The standard InChI is InChI=1S/C57H96N26O20S2/c1-26(43(91)81-36(23-104)51(99)79-33(17-39(59)86)48(96)75-29(7-3-13-68-56(62)63)45(93)82-37(24-105)54(102)103)72-41(88)20-70-52(100)38-9-5-15-83(38)53(101)31(8-4-14-69-57(64)65)77-46(94)30(10-11-42(89)90)76-50(98)35(22-85)80-44(92)28(6-2-12-67-55(60)61)74-47(95)32(16-27-19-66-25-71-27)78-49(97)34(21-84)73-40(87)18-58/h19,25-26,28-38,84-85,104-105H,2-18,20-24,58H2,1H3,(H2,59,86)(H,66,71)(H,70,100)(H,72,88)(H,73,87)(H,74,95)(H,75,96)(H,76,98)(H,77,94)(H,78,97)(H,79,99)(H,80,92)(H,81,91)(H,82,93)(H,89,90)(H,102,103)(H4,60,61,67)(H4,62,63,68)(H4,64,65,69)/t26-,28-,29-,30-,31-,32-,33-,34-,35-,36-,37-,38-/m0/s1. The number of nitrogens with zero attached hydrogens (tertiary/aromatic N) is 5. The molecule has 12 atom stereocenters. The van der Waals surface area contributed by atoms with Crippen molar-refractivity contribution in [3.8, 4) is 0 Å². The number of hydrogen-bond donors (Lipinski definition) is 27. The third-order valence-corrected chi connectivity index (χ3v) is 15.9. The Morgan fingerprint density at radius 3 is 1.42 bits per heavy atom. The van der Waals surface area contributed by atoms with E-state index in [1.165, 1.54) is 19.4 Å². The van der Waals surface area contributed by atoms with Gasteiger partial charge in [-0.1, -0.05) is 0 Å². The van der Waals surface area contributed by atoms with Crippen LogP contribution in [-0.4, -0.2) is 284 Å². The maximum absolute atomic E-state index is 14.5. The lowest BCUT2D eigenvalue weighted by atomic mass is 10.1. The van der Waals surface area contributed by atoms with Gasteiger partial charge in [0.05, 0.1) is 39.1 Å². The molecule has 586 valence electrons. The highest BCUT2D eigenvalue weighted by Gasteiger charge is 2.40. The molecular weight excluding hydrogens is 1430 g/mol. The first-order valence-electron chi connectivity index (χ1n) is 32.5. The molecule has 1 aromatic rings. The summed E-state index contributed by atoms with van der Waals surface area (Å²) in [7, 11) is 0. The minimum Gasteiger partial charge on any atom is -0.481 e.